The Labute approximate surface area is 117 Å². The smallest absolute Gasteiger partial charge is 0.325 e. The van der Waals surface area contributed by atoms with Crippen LogP contribution < -0.4 is 5.32 Å². The third-order valence-corrected chi connectivity index (χ3v) is 2.68. The third kappa shape index (κ3) is 3.12. The summed E-state index contributed by atoms with van der Waals surface area (Å²) in [4.78, 5) is 22.3. The van der Waals surface area contributed by atoms with Crippen molar-refractivity contribution in [2.24, 2.45) is 0 Å². The maximum atomic E-state index is 13.6. The van der Waals surface area contributed by atoms with Crippen LogP contribution in [0.15, 0.2) is 30.6 Å². The molecule has 0 aliphatic rings. The van der Waals surface area contributed by atoms with E-state index in [1.54, 1.807) is 0 Å². The summed E-state index contributed by atoms with van der Waals surface area (Å²) in [5.74, 6) is -2.57. The van der Waals surface area contributed by atoms with Gasteiger partial charge in [0.1, 0.15) is 6.54 Å². The number of nitrogens with zero attached hydrogens (tertiary/aromatic N) is 2. The molecule has 20 heavy (non-hydrogen) atoms. The van der Waals surface area contributed by atoms with Gasteiger partial charge in [0, 0.05) is 6.20 Å². The molecule has 104 valence electrons. The van der Waals surface area contributed by atoms with E-state index in [4.69, 9.17) is 16.7 Å². The maximum Gasteiger partial charge on any atom is 0.325 e. The number of halogens is 2. The molecule has 0 spiro atoms. The maximum absolute atomic E-state index is 13.6. The van der Waals surface area contributed by atoms with Crippen molar-refractivity contribution in [1.82, 2.24) is 9.78 Å². The zero-order valence-corrected chi connectivity index (χ0v) is 10.8. The Morgan fingerprint density at radius 3 is 2.90 bits per heavy atom. The van der Waals surface area contributed by atoms with Crippen molar-refractivity contribution >= 4 is 29.2 Å². The average Bonchev–Trinajstić information content (AvgIpc) is 2.79. The lowest BCUT2D eigenvalue weighted by Gasteiger charge is -2.04. The van der Waals surface area contributed by atoms with E-state index >= 15 is 0 Å². The monoisotopic (exact) mass is 297 g/mol. The van der Waals surface area contributed by atoms with Crippen LogP contribution in [0.2, 0.25) is 5.02 Å². The Morgan fingerprint density at radius 2 is 2.20 bits per heavy atom. The van der Waals surface area contributed by atoms with Gasteiger partial charge in [-0.15, -0.1) is 0 Å². The Kier molecular flexibility index (Phi) is 3.99. The molecule has 1 aromatic heterocycles. The molecule has 0 radical (unpaired) electrons. The number of carboxylic acids is 1. The Hall–Kier alpha value is -2.41. The summed E-state index contributed by atoms with van der Waals surface area (Å²) < 4.78 is 14.8. The number of hydrogen-bond donors (Lipinski definition) is 2. The largest absolute Gasteiger partial charge is 0.480 e. The lowest BCUT2D eigenvalue weighted by Crippen LogP contribution is -2.13. The molecule has 8 heteroatoms. The van der Waals surface area contributed by atoms with Gasteiger partial charge in [-0.1, -0.05) is 17.7 Å². The van der Waals surface area contributed by atoms with Crippen molar-refractivity contribution < 1.29 is 19.1 Å². The summed E-state index contributed by atoms with van der Waals surface area (Å²) >= 11 is 5.59. The minimum absolute atomic E-state index is 0.153. The van der Waals surface area contributed by atoms with Gasteiger partial charge in [-0.2, -0.15) is 5.10 Å². The summed E-state index contributed by atoms with van der Waals surface area (Å²) in [6, 6.07) is 4.07. The number of aliphatic carboxylic acids is 1. The normalized spacial score (nSPS) is 10.3. The number of rotatable bonds is 4. The van der Waals surface area contributed by atoms with Crippen LogP contribution in [0.5, 0.6) is 0 Å². The second kappa shape index (κ2) is 5.70. The molecule has 2 aromatic rings. The summed E-state index contributed by atoms with van der Waals surface area (Å²) in [5, 5.41) is 14.6. The van der Waals surface area contributed by atoms with E-state index in [0.29, 0.717) is 0 Å². The molecule has 2 N–H and O–H groups in total. The Balaban J connectivity index is 2.13. The van der Waals surface area contributed by atoms with Crippen LogP contribution >= 0.6 is 11.6 Å². The summed E-state index contributed by atoms with van der Waals surface area (Å²) in [6.45, 7) is -0.332. The van der Waals surface area contributed by atoms with Gasteiger partial charge in [-0.3, -0.25) is 14.3 Å². The number of anilines is 1. The molecule has 0 aliphatic heterocycles. The third-order valence-electron chi connectivity index (χ3n) is 2.38. The minimum atomic E-state index is -1.06. The molecular weight excluding hydrogens is 289 g/mol. The van der Waals surface area contributed by atoms with E-state index in [2.05, 4.69) is 10.4 Å². The fourth-order valence-corrected chi connectivity index (χ4v) is 1.71. The van der Waals surface area contributed by atoms with Crippen LogP contribution in [0.4, 0.5) is 10.1 Å². The molecule has 0 bridgehead atoms. The quantitative estimate of drug-likeness (QED) is 0.904. The van der Waals surface area contributed by atoms with Gasteiger partial charge in [0.25, 0.3) is 5.91 Å². The van der Waals surface area contributed by atoms with Gasteiger partial charge in [0.15, 0.2) is 5.82 Å². The summed E-state index contributed by atoms with van der Waals surface area (Å²) in [6.07, 6.45) is 2.60. The molecule has 6 nitrogen and oxygen atoms in total. The van der Waals surface area contributed by atoms with Crippen molar-refractivity contribution in [3.63, 3.8) is 0 Å². The fourth-order valence-electron chi connectivity index (χ4n) is 1.53. The van der Waals surface area contributed by atoms with E-state index in [1.807, 2.05) is 0 Å². The predicted octanol–water partition coefficient (Wildman–Crippen LogP) is 2.01. The number of nitrogens with one attached hydrogen (secondary N) is 1. The van der Waals surface area contributed by atoms with Gasteiger partial charge < -0.3 is 10.4 Å². The standard InChI is InChI=1S/C12H9ClFN3O3/c13-9-3-1-2-8(11(9)14)12(20)16-7-4-15-17(5-7)6-10(18)19/h1-5H,6H2,(H,16,20)(H,18,19). The molecule has 2 rings (SSSR count). The van der Waals surface area contributed by atoms with Crippen molar-refractivity contribution in [3.8, 4) is 0 Å². The molecule has 0 atom stereocenters. The number of hydrogen-bond acceptors (Lipinski definition) is 3. The summed E-state index contributed by atoms with van der Waals surface area (Å²) in [5.41, 5.74) is 0.0547. The van der Waals surface area contributed by atoms with E-state index in [0.717, 1.165) is 4.68 Å². The molecule has 0 saturated heterocycles. The van der Waals surface area contributed by atoms with E-state index in [-0.39, 0.29) is 22.8 Å². The molecule has 1 aromatic carbocycles. The zero-order chi connectivity index (χ0) is 14.7. The van der Waals surface area contributed by atoms with E-state index in [1.165, 1.54) is 30.6 Å². The van der Waals surface area contributed by atoms with Crippen molar-refractivity contribution in [2.75, 3.05) is 5.32 Å². The van der Waals surface area contributed by atoms with Crippen LogP contribution in [-0.4, -0.2) is 26.8 Å². The predicted molar refractivity (Wildman–Crippen MR) is 69.2 cm³/mol. The highest BCUT2D eigenvalue weighted by Crippen LogP contribution is 2.19. The van der Waals surface area contributed by atoms with Gasteiger partial charge in [0.05, 0.1) is 22.5 Å². The first-order valence-electron chi connectivity index (χ1n) is 5.47. The molecule has 0 unspecified atom stereocenters. The number of aromatic nitrogens is 2. The van der Waals surface area contributed by atoms with Crippen molar-refractivity contribution in [3.05, 3.63) is 47.0 Å². The Bertz CT molecular complexity index is 672. The first-order valence-corrected chi connectivity index (χ1v) is 5.85. The number of carbonyl (C=O) groups is 2. The van der Waals surface area contributed by atoms with Crippen LogP contribution in [0.25, 0.3) is 0 Å². The highest BCUT2D eigenvalue weighted by atomic mass is 35.5. The average molecular weight is 298 g/mol. The lowest BCUT2D eigenvalue weighted by molar-refractivity contribution is -0.137. The first-order chi connectivity index (χ1) is 9.47. The van der Waals surface area contributed by atoms with Gasteiger partial charge in [-0.25, -0.2) is 4.39 Å². The van der Waals surface area contributed by atoms with E-state index in [9.17, 15) is 14.0 Å². The molecule has 1 heterocycles. The van der Waals surface area contributed by atoms with Gasteiger partial charge in [-0.05, 0) is 12.1 Å². The number of carbonyl (C=O) groups excluding carboxylic acids is 1. The molecule has 1 amide bonds. The van der Waals surface area contributed by atoms with Crippen LogP contribution in [0.1, 0.15) is 10.4 Å². The fraction of sp³-hybridized carbons (Fsp3) is 0.0833. The molecule has 0 fully saturated rings. The highest BCUT2D eigenvalue weighted by molar-refractivity contribution is 6.31. The van der Waals surface area contributed by atoms with Gasteiger partial charge in [0.2, 0.25) is 0 Å². The molecule has 0 saturated carbocycles. The second-order valence-corrected chi connectivity index (χ2v) is 4.28. The molecule has 0 aliphatic carbocycles. The minimum Gasteiger partial charge on any atom is -0.480 e. The molecular formula is C12H9ClFN3O3. The first kappa shape index (κ1) is 14.0. The number of benzene rings is 1. The van der Waals surface area contributed by atoms with Crippen molar-refractivity contribution in [1.29, 1.82) is 0 Å². The van der Waals surface area contributed by atoms with E-state index < -0.39 is 17.7 Å². The SMILES string of the molecule is O=C(O)Cn1cc(NC(=O)c2cccc(Cl)c2F)cn1. The number of amides is 1. The topological polar surface area (TPSA) is 84.2 Å². The van der Waals surface area contributed by atoms with Gasteiger partial charge >= 0.3 is 5.97 Å². The number of carboxylic acid groups (broad SMARTS) is 1. The Morgan fingerprint density at radius 1 is 1.45 bits per heavy atom. The van der Waals surface area contributed by atoms with Crippen LogP contribution in [-0.2, 0) is 11.3 Å². The second-order valence-electron chi connectivity index (χ2n) is 3.88. The summed E-state index contributed by atoms with van der Waals surface area (Å²) in [7, 11) is 0. The van der Waals surface area contributed by atoms with Crippen LogP contribution in [0.3, 0.4) is 0 Å². The van der Waals surface area contributed by atoms with Crippen LogP contribution in [0, 0.1) is 5.82 Å². The highest BCUT2D eigenvalue weighted by Gasteiger charge is 2.15. The zero-order valence-electron chi connectivity index (χ0n) is 10.0. The van der Waals surface area contributed by atoms with Crippen molar-refractivity contribution in [2.45, 2.75) is 6.54 Å². The lowest BCUT2D eigenvalue weighted by atomic mass is 10.2.